The van der Waals surface area contributed by atoms with Crippen molar-refractivity contribution in [2.45, 2.75) is 69.2 Å². The van der Waals surface area contributed by atoms with Gasteiger partial charge in [0.1, 0.15) is 23.5 Å². The number of rotatable bonds is 8. The summed E-state index contributed by atoms with van der Waals surface area (Å²) in [5.41, 5.74) is 7.75. The lowest BCUT2D eigenvalue weighted by atomic mass is 9.38. The maximum atomic E-state index is 16.1. The summed E-state index contributed by atoms with van der Waals surface area (Å²) in [5.74, 6) is -1.41. The van der Waals surface area contributed by atoms with Gasteiger partial charge in [0.15, 0.2) is 0 Å². The Morgan fingerprint density at radius 1 is 1.18 bits per heavy atom. The quantitative estimate of drug-likeness (QED) is 0.413. The van der Waals surface area contributed by atoms with Gasteiger partial charge in [0, 0.05) is 65.5 Å². The summed E-state index contributed by atoms with van der Waals surface area (Å²) in [6.07, 6.45) is 3.62. The van der Waals surface area contributed by atoms with Crippen LogP contribution in [0.2, 0.25) is 0 Å². The van der Waals surface area contributed by atoms with Gasteiger partial charge in [-0.1, -0.05) is 18.2 Å². The molecule has 2 aromatic carbocycles. The molecule has 3 N–H and O–H groups in total. The fraction of sp³-hybridized carbons (Fsp3) is 0.516. The van der Waals surface area contributed by atoms with Gasteiger partial charge in [0.05, 0.1) is 18.1 Å². The lowest BCUT2D eigenvalue weighted by Crippen LogP contribution is -2.79. The van der Waals surface area contributed by atoms with E-state index in [9.17, 15) is 9.18 Å². The summed E-state index contributed by atoms with van der Waals surface area (Å²) in [4.78, 5) is 20.0. The first-order valence-electron chi connectivity index (χ1n) is 14.4. The summed E-state index contributed by atoms with van der Waals surface area (Å²) < 4.78 is 50.8. The molecular formula is C31H35F3N4O2. The molecule has 9 heteroatoms. The van der Waals surface area contributed by atoms with Crippen molar-refractivity contribution in [1.82, 2.24) is 14.8 Å². The van der Waals surface area contributed by atoms with E-state index in [1.165, 1.54) is 12.1 Å². The second-order valence-corrected chi connectivity index (χ2v) is 12.5. The van der Waals surface area contributed by atoms with Gasteiger partial charge >= 0.3 is 0 Å². The number of carbonyl (C=O) groups excluding carboxylic acids is 1. The maximum Gasteiger partial charge on any atom is 0.223 e. The fourth-order valence-electron chi connectivity index (χ4n) is 8.22. The highest BCUT2D eigenvalue weighted by Gasteiger charge is 2.74. The van der Waals surface area contributed by atoms with Gasteiger partial charge in [-0.3, -0.25) is 19.0 Å². The molecule has 1 aromatic heterocycles. The minimum absolute atomic E-state index is 0.000510. The molecule has 1 amide bonds. The highest BCUT2D eigenvalue weighted by Crippen LogP contribution is 2.72. The number of amides is 1. The third-order valence-corrected chi connectivity index (χ3v) is 9.91. The number of nitrogens with zero attached hydrogens (tertiary/aromatic N) is 2. The van der Waals surface area contributed by atoms with Crippen LogP contribution in [-0.4, -0.2) is 64.7 Å². The van der Waals surface area contributed by atoms with Crippen LogP contribution in [-0.2, 0) is 11.2 Å². The number of benzene rings is 2. The predicted octanol–water partition coefficient (Wildman–Crippen LogP) is 5.00. The highest BCUT2D eigenvalue weighted by atomic mass is 19.1. The molecule has 4 fully saturated rings. The molecule has 212 valence electrons. The van der Waals surface area contributed by atoms with Gasteiger partial charge in [-0.05, 0) is 57.1 Å². The molecule has 5 aliphatic rings. The van der Waals surface area contributed by atoms with E-state index in [1.807, 2.05) is 18.2 Å². The monoisotopic (exact) mass is 552 g/mol. The molecule has 3 atom stereocenters. The first-order valence-corrected chi connectivity index (χ1v) is 14.4. The van der Waals surface area contributed by atoms with Crippen LogP contribution in [0.4, 0.5) is 13.2 Å². The molecule has 3 aromatic rings. The second kappa shape index (κ2) is 9.24. The molecular weight excluding hydrogens is 517 g/mol. The van der Waals surface area contributed by atoms with Crippen molar-refractivity contribution >= 4 is 16.8 Å². The molecule has 0 spiro atoms. The average molecular weight is 553 g/mol. The van der Waals surface area contributed by atoms with Crippen LogP contribution in [0.15, 0.2) is 36.4 Å². The molecule has 8 rings (SSSR count). The molecule has 40 heavy (non-hydrogen) atoms. The van der Waals surface area contributed by atoms with Crippen LogP contribution in [0.5, 0.6) is 5.75 Å². The summed E-state index contributed by atoms with van der Waals surface area (Å²) in [6.45, 7) is 3.79. The molecule has 3 aliphatic carbocycles. The number of para-hydroxylation sites is 1. The standard InChI is InChI=1S/C31H35F3N4O2/c1-18-11-22-21-5-2-3-6-25(21)36-27(22)28(38(18)31-15-30(16-31,17-31)29(35)39)26-23(33)12-20(13-24(26)34)40-19-7-10-37(14-19)9-4-8-32/h2-3,5-6,12-13,18-19,28,36H,4,7-11,14-17H2,1H3,(H2,35,39)/t18-,19?,28-,30?,31?/m1/s1. The van der Waals surface area contributed by atoms with Crippen molar-refractivity contribution in [2.24, 2.45) is 11.1 Å². The number of fused-ring (bicyclic) bond motifs is 3. The van der Waals surface area contributed by atoms with E-state index < -0.39 is 23.1 Å². The number of nitrogens with one attached hydrogen (secondary N) is 1. The Labute approximate surface area is 231 Å². The van der Waals surface area contributed by atoms with E-state index in [4.69, 9.17) is 10.5 Å². The van der Waals surface area contributed by atoms with Crippen LogP contribution in [0.1, 0.15) is 61.9 Å². The molecule has 1 saturated heterocycles. The molecule has 0 radical (unpaired) electrons. The number of likely N-dealkylation sites (tertiary alicyclic amines) is 1. The van der Waals surface area contributed by atoms with E-state index >= 15 is 8.78 Å². The number of alkyl halides is 1. The fourth-order valence-corrected chi connectivity index (χ4v) is 8.22. The van der Waals surface area contributed by atoms with Crippen LogP contribution < -0.4 is 10.5 Å². The zero-order valence-electron chi connectivity index (χ0n) is 22.7. The third-order valence-electron chi connectivity index (χ3n) is 9.91. The molecule has 6 nitrogen and oxygen atoms in total. The number of nitrogens with two attached hydrogens (primary N) is 1. The van der Waals surface area contributed by atoms with E-state index in [1.54, 1.807) is 0 Å². The smallest absolute Gasteiger partial charge is 0.223 e. The number of ether oxygens (including phenoxy) is 1. The second-order valence-electron chi connectivity index (χ2n) is 12.5. The lowest BCUT2D eigenvalue weighted by molar-refractivity contribution is -0.233. The largest absolute Gasteiger partial charge is 0.489 e. The van der Waals surface area contributed by atoms with Crippen molar-refractivity contribution in [3.05, 3.63) is 64.9 Å². The number of aromatic nitrogens is 1. The van der Waals surface area contributed by atoms with Crippen LogP contribution in [0.25, 0.3) is 10.9 Å². The average Bonchev–Trinajstić information content (AvgIpc) is 3.46. The van der Waals surface area contributed by atoms with Gasteiger partial charge < -0.3 is 15.5 Å². The zero-order chi connectivity index (χ0) is 27.8. The Morgan fingerprint density at radius 3 is 2.60 bits per heavy atom. The van der Waals surface area contributed by atoms with Crippen molar-refractivity contribution in [3.8, 4) is 5.75 Å². The summed E-state index contributed by atoms with van der Waals surface area (Å²) in [6, 6.07) is 9.91. The van der Waals surface area contributed by atoms with E-state index in [2.05, 4.69) is 27.8 Å². The minimum Gasteiger partial charge on any atom is -0.489 e. The van der Waals surface area contributed by atoms with Gasteiger partial charge in [-0.15, -0.1) is 0 Å². The minimum atomic E-state index is -0.672. The van der Waals surface area contributed by atoms with Gasteiger partial charge in [0.25, 0.3) is 0 Å². The molecule has 1 unspecified atom stereocenters. The van der Waals surface area contributed by atoms with E-state index in [-0.39, 0.29) is 41.6 Å². The van der Waals surface area contributed by atoms with Gasteiger partial charge in [-0.2, -0.15) is 0 Å². The molecule has 2 aliphatic heterocycles. The Kier molecular flexibility index (Phi) is 5.98. The highest BCUT2D eigenvalue weighted by molar-refractivity contribution is 5.87. The Morgan fingerprint density at radius 2 is 1.90 bits per heavy atom. The number of carbonyl (C=O) groups is 1. The van der Waals surface area contributed by atoms with Crippen LogP contribution in [0, 0.1) is 17.0 Å². The van der Waals surface area contributed by atoms with Crippen molar-refractivity contribution in [2.75, 3.05) is 26.3 Å². The Hall–Kier alpha value is -3.04. The predicted molar refractivity (Wildman–Crippen MR) is 146 cm³/mol. The Balaban J connectivity index is 1.25. The maximum absolute atomic E-state index is 16.1. The van der Waals surface area contributed by atoms with Gasteiger partial charge in [-0.25, -0.2) is 8.78 Å². The first kappa shape index (κ1) is 25.9. The molecule has 3 heterocycles. The van der Waals surface area contributed by atoms with E-state index in [0.717, 1.165) is 41.5 Å². The number of hydrogen-bond donors (Lipinski definition) is 2. The summed E-state index contributed by atoms with van der Waals surface area (Å²) in [5, 5.41) is 1.07. The molecule has 2 bridgehead atoms. The first-order chi connectivity index (χ1) is 19.2. The SMILES string of the molecule is C[C@@H]1Cc2c([nH]c3ccccc23)[C@@H](c2c(F)cc(OC3CCN(CCCF)C3)cc2F)N1C12CC(C(N)=O)(C1)C2. The van der Waals surface area contributed by atoms with Crippen molar-refractivity contribution in [1.29, 1.82) is 0 Å². The third kappa shape index (κ3) is 3.80. The zero-order valence-corrected chi connectivity index (χ0v) is 22.7. The summed E-state index contributed by atoms with van der Waals surface area (Å²) in [7, 11) is 0. The lowest BCUT2D eigenvalue weighted by Gasteiger charge is -2.74. The normalized spacial score (nSPS) is 31.6. The molecule has 3 saturated carbocycles. The van der Waals surface area contributed by atoms with Gasteiger partial charge in [0.2, 0.25) is 5.91 Å². The van der Waals surface area contributed by atoms with E-state index in [0.29, 0.717) is 38.8 Å². The number of H-pyrrole nitrogens is 1. The van der Waals surface area contributed by atoms with Crippen LogP contribution in [0.3, 0.4) is 0 Å². The van der Waals surface area contributed by atoms with Crippen molar-refractivity contribution < 1.29 is 22.7 Å². The number of hydrogen-bond acceptors (Lipinski definition) is 4. The number of aromatic amines is 1. The number of primary amides is 1. The topological polar surface area (TPSA) is 74.6 Å². The number of halogens is 3. The van der Waals surface area contributed by atoms with Crippen LogP contribution >= 0.6 is 0 Å². The van der Waals surface area contributed by atoms with Crippen molar-refractivity contribution in [3.63, 3.8) is 0 Å². The summed E-state index contributed by atoms with van der Waals surface area (Å²) >= 11 is 0. The Bertz CT molecular complexity index is 1450.